The molecule has 1 aliphatic heterocycles. The Bertz CT molecular complexity index is 429. The Morgan fingerprint density at radius 1 is 1.53 bits per heavy atom. The van der Waals surface area contributed by atoms with Crippen molar-refractivity contribution >= 4 is 11.8 Å². The highest BCUT2D eigenvalue weighted by Gasteiger charge is 2.19. The molecule has 0 radical (unpaired) electrons. The molecule has 1 aromatic heterocycles. The molecular weight excluding hydrogens is 214 g/mol. The van der Waals surface area contributed by atoms with Gasteiger partial charge < -0.3 is 10.6 Å². The van der Waals surface area contributed by atoms with E-state index in [2.05, 4.69) is 21.8 Å². The van der Waals surface area contributed by atoms with Gasteiger partial charge in [0.05, 0.1) is 0 Å². The van der Waals surface area contributed by atoms with Crippen LogP contribution in [0.15, 0.2) is 6.07 Å². The highest BCUT2D eigenvalue weighted by molar-refractivity contribution is 5.93. The second-order valence-corrected chi connectivity index (χ2v) is 4.80. The lowest BCUT2D eigenvalue weighted by Gasteiger charge is -2.31. The highest BCUT2D eigenvalue weighted by atomic mass is 15.3. The summed E-state index contributed by atoms with van der Waals surface area (Å²) < 4.78 is 0. The monoisotopic (exact) mass is 233 g/mol. The minimum absolute atomic E-state index is 0.00167. The number of aryl methyl sites for hydroxylation is 1. The van der Waals surface area contributed by atoms with Crippen molar-refractivity contribution in [2.45, 2.75) is 26.7 Å². The van der Waals surface area contributed by atoms with Gasteiger partial charge in [0.15, 0.2) is 0 Å². The van der Waals surface area contributed by atoms with Crippen molar-refractivity contribution in [1.29, 1.82) is 5.41 Å². The summed E-state index contributed by atoms with van der Waals surface area (Å²) in [6.45, 7) is 6.13. The van der Waals surface area contributed by atoms with E-state index in [-0.39, 0.29) is 5.84 Å². The van der Waals surface area contributed by atoms with Gasteiger partial charge in [0.1, 0.15) is 11.5 Å². The van der Waals surface area contributed by atoms with E-state index >= 15 is 0 Å². The van der Waals surface area contributed by atoms with E-state index < -0.39 is 0 Å². The zero-order valence-corrected chi connectivity index (χ0v) is 10.4. The fourth-order valence-electron chi connectivity index (χ4n) is 2.20. The number of hydrogen-bond donors (Lipinski definition) is 2. The van der Waals surface area contributed by atoms with Gasteiger partial charge in [-0.25, -0.2) is 9.97 Å². The van der Waals surface area contributed by atoms with E-state index in [9.17, 15) is 0 Å². The first-order valence-corrected chi connectivity index (χ1v) is 6.01. The second-order valence-electron chi connectivity index (χ2n) is 4.80. The number of rotatable bonds is 2. The molecule has 5 heteroatoms. The molecule has 0 aromatic carbocycles. The van der Waals surface area contributed by atoms with Crippen molar-refractivity contribution in [3.05, 3.63) is 17.5 Å². The molecule has 0 spiro atoms. The number of amidine groups is 1. The Morgan fingerprint density at radius 2 is 2.29 bits per heavy atom. The van der Waals surface area contributed by atoms with Gasteiger partial charge in [0.25, 0.3) is 0 Å². The SMILES string of the molecule is Cc1cc(C(=N)N)nc(N2CCCC(C)C2)n1. The summed E-state index contributed by atoms with van der Waals surface area (Å²) in [4.78, 5) is 11.0. The minimum atomic E-state index is 0.00167. The third-order valence-corrected chi connectivity index (χ3v) is 3.06. The summed E-state index contributed by atoms with van der Waals surface area (Å²) in [6, 6.07) is 1.75. The number of nitrogens with two attached hydrogens (primary N) is 1. The maximum Gasteiger partial charge on any atom is 0.226 e. The van der Waals surface area contributed by atoms with Gasteiger partial charge in [0.2, 0.25) is 5.95 Å². The van der Waals surface area contributed by atoms with Crippen LogP contribution in [0, 0.1) is 18.3 Å². The predicted octanol–water partition coefficient (Wildman–Crippen LogP) is 1.31. The average Bonchev–Trinajstić information content (AvgIpc) is 2.28. The Morgan fingerprint density at radius 3 is 2.94 bits per heavy atom. The van der Waals surface area contributed by atoms with Crippen LogP contribution in [0.5, 0.6) is 0 Å². The minimum Gasteiger partial charge on any atom is -0.382 e. The molecule has 0 amide bonds. The first-order chi connectivity index (χ1) is 8.06. The Kier molecular flexibility index (Phi) is 3.26. The molecule has 1 atom stereocenters. The lowest BCUT2D eigenvalue weighted by molar-refractivity contribution is 0.441. The third-order valence-electron chi connectivity index (χ3n) is 3.06. The average molecular weight is 233 g/mol. The van der Waals surface area contributed by atoms with E-state index in [1.54, 1.807) is 6.07 Å². The number of piperidine rings is 1. The quantitative estimate of drug-likeness (QED) is 0.596. The van der Waals surface area contributed by atoms with Gasteiger partial charge in [-0.1, -0.05) is 6.92 Å². The molecule has 1 unspecified atom stereocenters. The van der Waals surface area contributed by atoms with E-state index in [1.807, 2.05) is 6.92 Å². The molecule has 5 nitrogen and oxygen atoms in total. The molecule has 92 valence electrons. The molecule has 17 heavy (non-hydrogen) atoms. The first kappa shape index (κ1) is 11.8. The fourth-order valence-corrected chi connectivity index (χ4v) is 2.20. The predicted molar refractivity (Wildman–Crippen MR) is 68.4 cm³/mol. The molecule has 3 N–H and O–H groups in total. The molecule has 1 fully saturated rings. The molecule has 0 saturated carbocycles. The summed E-state index contributed by atoms with van der Waals surface area (Å²) >= 11 is 0. The summed E-state index contributed by atoms with van der Waals surface area (Å²) in [5, 5.41) is 7.45. The van der Waals surface area contributed by atoms with Crippen LogP contribution in [-0.2, 0) is 0 Å². The zero-order chi connectivity index (χ0) is 12.4. The van der Waals surface area contributed by atoms with Crippen LogP contribution in [0.1, 0.15) is 31.2 Å². The molecule has 1 saturated heterocycles. The number of anilines is 1. The van der Waals surface area contributed by atoms with E-state index in [0.717, 1.165) is 18.8 Å². The smallest absolute Gasteiger partial charge is 0.226 e. The number of hydrogen-bond acceptors (Lipinski definition) is 4. The lowest BCUT2D eigenvalue weighted by Crippen LogP contribution is -2.36. The number of nitrogens with one attached hydrogen (secondary N) is 1. The van der Waals surface area contributed by atoms with Gasteiger partial charge in [-0.3, -0.25) is 5.41 Å². The topological polar surface area (TPSA) is 78.9 Å². The zero-order valence-electron chi connectivity index (χ0n) is 10.4. The van der Waals surface area contributed by atoms with Crippen molar-refractivity contribution in [2.75, 3.05) is 18.0 Å². The van der Waals surface area contributed by atoms with E-state index in [0.29, 0.717) is 17.6 Å². The first-order valence-electron chi connectivity index (χ1n) is 6.01. The number of nitrogen functional groups attached to an aromatic ring is 1. The van der Waals surface area contributed by atoms with Gasteiger partial charge >= 0.3 is 0 Å². The largest absolute Gasteiger partial charge is 0.382 e. The Hall–Kier alpha value is -1.65. The fraction of sp³-hybridized carbons (Fsp3) is 0.583. The van der Waals surface area contributed by atoms with E-state index in [1.165, 1.54) is 12.8 Å². The molecule has 0 aliphatic carbocycles. The van der Waals surface area contributed by atoms with Crippen molar-refractivity contribution in [3.8, 4) is 0 Å². The van der Waals surface area contributed by atoms with Crippen LogP contribution >= 0.6 is 0 Å². The molecule has 0 bridgehead atoms. The Balaban J connectivity index is 2.28. The van der Waals surface area contributed by atoms with Crippen LogP contribution in [0.4, 0.5) is 5.95 Å². The van der Waals surface area contributed by atoms with Crippen LogP contribution in [-0.4, -0.2) is 28.9 Å². The van der Waals surface area contributed by atoms with Crippen LogP contribution in [0.3, 0.4) is 0 Å². The third kappa shape index (κ3) is 2.72. The molecule has 1 aliphatic rings. The van der Waals surface area contributed by atoms with Gasteiger partial charge in [0, 0.05) is 18.8 Å². The standard InChI is InChI=1S/C12H19N5/c1-8-4-3-5-17(7-8)12-15-9(2)6-10(16-12)11(13)14/h6,8H,3-5,7H2,1-2H3,(H3,13,14). The van der Waals surface area contributed by atoms with E-state index in [4.69, 9.17) is 11.1 Å². The number of aromatic nitrogens is 2. The van der Waals surface area contributed by atoms with Gasteiger partial charge in [-0.2, -0.15) is 0 Å². The Labute approximate surface area is 102 Å². The molecule has 1 aromatic rings. The van der Waals surface area contributed by atoms with Crippen LogP contribution in [0.2, 0.25) is 0 Å². The van der Waals surface area contributed by atoms with Crippen LogP contribution < -0.4 is 10.6 Å². The molecule has 2 rings (SSSR count). The summed E-state index contributed by atoms with van der Waals surface area (Å²) in [7, 11) is 0. The highest BCUT2D eigenvalue weighted by Crippen LogP contribution is 2.20. The van der Waals surface area contributed by atoms with Gasteiger partial charge in [-0.05, 0) is 31.7 Å². The maximum absolute atomic E-state index is 7.45. The summed E-state index contributed by atoms with van der Waals surface area (Å²) in [5.74, 6) is 1.39. The van der Waals surface area contributed by atoms with Gasteiger partial charge in [-0.15, -0.1) is 0 Å². The van der Waals surface area contributed by atoms with Crippen LogP contribution in [0.25, 0.3) is 0 Å². The maximum atomic E-state index is 7.45. The van der Waals surface area contributed by atoms with Crippen molar-refractivity contribution < 1.29 is 0 Å². The number of nitrogens with zero attached hydrogens (tertiary/aromatic N) is 3. The van der Waals surface area contributed by atoms with Crippen molar-refractivity contribution in [1.82, 2.24) is 9.97 Å². The van der Waals surface area contributed by atoms with Crippen molar-refractivity contribution in [2.24, 2.45) is 11.7 Å². The second kappa shape index (κ2) is 4.69. The summed E-state index contributed by atoms with van der Waals surface area (Å²) in [5.41, 5.74) is 6.86. The summed E-state index contributed by atoms with van der Waals surface area (Å²) in [6.07, 6.45) is 2.44. The molecular formula is C12H19N5. The lowest BCUT2D eigenvalue weighted by atomic mass is 10.0. The molecule has 2 heterocycles. The normalized spacial score (nSPS) is 20.4. The van der Waals surface area contributed by atoms with Crippen molar-refractivity contribution in [3.63, 3.8) is 0 Å².